The second kappa shape index (κ2) is 7.15. The molecule has 0 spiro atoms. The summed E-state index contributed by atoms with van der Waals surface area (Å²) in [6.07, 6.45) is 1.89. The van der Waals surface area contributed by atoms with Gasteiger partial charge in [0, 0.05) is 17.3 Å². The quantitative estimate of drug-likeness (QED) is 0.556. The van der Waals surface area contributed by atoms with Crippen LogP contribution in [-0.4, -0.2) is 12.7 Å². The first-order valence-corrected chi connectivity index (χ1v) is 8.33. The molecular formula is C22H17NO3. The third-order valence-electron chi connectivity index (χ3n) is 4.07. The molecule has 0 fully saturated rings. The highest BCUT2D eigenvalue weighted by Crippen LogP contribution is 2.34. The van der Waals surface area contributed by atoms with Crippen LogP contribution in [0.3, 0.4) is 0 Å². The Morgan fingerprint density at radius 2 is 1.54 bits per heavy atom. The summed E-state index contributed by atoms with van der Waals surface area (Å²) >= 11 is 0. The number of anilines is 1. The smallest absolute Gasteiger partial charge is 0.256 e. The first-order valence-electron chi connectivity index (χ1n) is 8.33. The number of nitrogens with one attached hydrogen (secondary N) is 1. The average Bonchev–Trinajstić information content (AvgIpc) is 3.15. The molecule has 3 aromatic rings. The molecular weight excluding hydrogens is 326 g/mol. The number of carbonyl (C=O) groups is 1. The summed E-state index contributed by atoms with van der Waals surface area (Å²) in [7, 11) is 0. The summed E-state index contributed by atoms with van der Waals surface area (Å²) in [5.41, 5.74) is 3.07. The van der Waals surface area contributed by atoms with E-state index in [9.17, 15) is 4.79 Å². The third kappa shape index (κ3) is 3.44. The van der Waals surface area contributed by atoms with Gasteiger partial charge in [-0.3, -0.25) is 4.79 Å². The Morgan fingerprint density at radius 1 is 0.846 bits per heavy atom. The molecule has 0 atom stereocenters. The van der Waals surface area contributed by atoms with Crippen molar-refractivity contribution in [2.24, 2.45) is 0 Å². The molecule has 0 bridgehead atoms. The van der Waals surface area contributed by atoms with Crippen molar-refractivity contribution in [2.45, 2.75) is 0 Å². The lowest BCUT2D eigenvalue weighted by Crippen LogP contribution is -2.13. The number of carbonyl (C=O) groups excluding carboxylic acids is 1. The molecule has 1 amide bonds. The maximum absolute atomic E-state index is 13.0. The summed E-state index contributed by atoms with van der Waals surface area (Å²) < 4.78 is 10.7. The highest BCUT2D eigenvalue weighted by Gasteiger charge is 2.16. The minimum Gasteiger partial charge on any atom is -0.454 e. The lowest BCUT2D eigenvalue weighted by molar-refractivity contribution is -0.111. The summed E-state index contributed by atoms with van der Waals surface area (Å²) in [6, 6.07) is 24.8. The Bertz CT molecular complexity index is 950. The van der Waals surface area contributed by atoms with Crippen LogP contribution in [-0.2, 0) is 4.79 Å². The van der Waals surface area contributed by atoms with Crippen LogP contribution in [0.1, 0.15) is 11.1 Å². The fourth-order valence-electron chi connectivity index (χ4n) is 2.79. The number of rotatable bonds is 4. The van der Waals surface area contributed by atoms with Gasteiger partial charge in [0.15, 0.2) is 11.5 Å². The molecule has 0 saturated carbocycles. The van der Waals surface area contributed by atoms with Crippen LogP contribution in [0.5, 0.6) is 11.5 Å². The van der Waals surface area contributed by atoms with E-state index in [4.69, 9.17) is 9.47 Å². The molecule has 3 aromatic carbocycles. The Kier molecular flexibility index (Phi) is 4.39. The molecule has 0 saturated heterocycles. The Balaban J connectivity index is 1.65. The van der Waals surface area contributed by atoms with Gasteiger partial charge in [0.05, 0.1) is 0 Å². The fraction of sp³-hybridized carbons (Fsp3) is 0.0455. The van der Waals surface area contributed by atoms with Crippen molar-refractivity contribution in [2.75, 3.05) is 12.1 Å². The molecule has 4 rings (SSSR count). The fourth-order valence-corrected chi connectivity index (χ4v) is 2.79. The molecule has 1 aliphatic heterocycles. The van der Waals surface area contributed by atoms with Gasteiger partial charge in [-0.2, -0.15) is 0 Å². The van der Waals surface area contributed by atoms with E-state index < -0.39 is 0 Å². The predicted octanol–water partition coefficient (Wildman–Crippen LogP) is 4.59. The van der Waals surface area contributed by atoms with Crippen LogP contribution in [0, 0.1) is 0 Å². The van der Waals surface area contributed by atoms with E-state index in [0.29, 0.717) is 22.8 Å². The van der Waals surface area contributed by atoms with Gasteiger partial charge in [0.1, 0.15) is 0 Å². The number of fused-ring (bicyclic) bond motifs is 1. The van der Waals surface area contributed by atoms with Crippen LogP contribution in [0.25, 0.3) is 11.6 Å². The Morgan fingerprint density at radius 3 is 2.31 bits per heavy atom. The monoisotopic (exact) mass is 343 g/mol. The van der Waals surface area contributed by atoms with Crippen LogP contribution < -0.4 is 14.8 Å². The van der Waals surface area contributed by atoms with Gasteiger partial charge in [-0.05, 0) is 29.3 Å². The van der Waals surface area contributed by atoms with Crippen molar-refractivity contribution >= 4 is 23.2 Å². The third-order valence-corrected chi connectivity index (χ3v) is 4.07. The summed E-state index contributed by atoms with van der Waals surface area (Å²) in [5.74, 6) is 1.14. The Hall–Kier alpha value is -3.53. The van der Waals surface area contributed by atoms with E-state index in [0.717, 1.165) is 11.1 Å². The van der Waals surface area contributed by atoms with E-state index in [1.54, 1.807) is 18.2 Å². The molecule has 0 radical (unpaired) electrons. The normalized spacial score (nSPS) is 12.7. The van der Waals surface area contributed by atoms with E-state index >= 15 is 0 Å². The zero-order valence-corrected chi connectivity index (χ0v) is 14.0. The predicted molar refractivity (Wildman–Crippen MR) is 102 cm³/mol. The highest BCUT2D eigenvalue weighted by atomic mass is 16.7. The molecule has 1 N–H and O–H groups in total. The standard InChI is InChI=1S/C22H17NO3/c24-22(23-18-11-12-20-21(14-18)26-15-25-20)19(17-9-5-2-6-10-17)13-16-7-3-1-4-8-16/h1-14H,15H2,(H,23,24). The lowest BCUT2D eigenvalue weighted by Gasteiger charge is -2.10. The van der Waals surface area contributed by atoms with Crippen molar-refractivity contribution in [1.29, 1.82) is 0 Å². The average molecular weight is 343 g/mol. The second-order valence-electron chi connectivity index (χ2n) is 5.86. The SMILES string of the molecule is O=C(Nc1ccc2c(c1)OCO2)C(=Cc1ccccc1)c1ccccc1. The van der Waals surface area contributed by atoms with Gasteiger partial charge < -0.3 is 14.8 Å². The molecule has 26 heavy (non-hydrogen) atoms. The summed E-state index contributed by atoms with van der Waals surface area (Å²) in [4.78, 5) is 13.0. The number of amides is 1. The van der Waals surface area contributed by atoms with Crippen LogP contribution in [0.15, 0.2) is 78.9 Å². The van der Waals surface area contributed by atoms with Crippen molar-refractivity contribution < 1.29 is 14.3 Å². The van der Waals surface area contributed by atoms with Crippen molar-refractivity contribution in [3.63, 3.8) is 0 Å². The van der Waals surface area contributed by atoms with Crippen molar-refractivity contribution in [3.8, 4) is 11.5 Å². The molecule has 0 unspecified atom stereocenters. The van der Waals surface area contributed by atoms with Gasteiger partial charge in [0.2, 0.25) is 6.79 Å². The molecule has 0 aromatic heterocycles. The number of ether oxygens (including phenoxy) is 2. The van der Waals surface area contributed by atoms with E-state index in [1.807, 2.05) is 66.7 Å². The number of hydrogen-bond acceptors (Lipinski definition) is 3. The first kappa shape index (κ1) is 16.0. The van der Waals surface area contributed by atoms with E-state index in [-0.39, 0.29) is 12.7 Å². The topological polar surface area (TPSA) is 47.6 Å². The van der Waals surface area contributed by atoms with Crippen LogP contribution in [0.2, 0.25) is 0 Å². The molecule has 0 aliphatic carbocycles. The number of hydrogen-bond donors (Lipinski definition) is 1. The molecule has 128 valence electrons. The molecule has 1 heterocycles. The number of benzene rings is 3. The van der Waals surface area contributed by atoms with Crippen LogP contribution >= 0.6 is 0 Å². The largest absolute Gasteiger partial charge is 0.454 e. The molecule has 1 aliphatic rings. The van der Waals surface area contributed by atoms with Crippen molar-refractivity contribution in [3.05, 3.63) is 90.0 Å². The van der Waals surface area contributed by atoms with Gasteiger partial charge in [0.25, 0.3) is 5.91 Å². The molecule has 4 nitrogen and oxygen atoms in total. The second-order valence-corrected chi connectivity index (χ2v) is 5.86. The summed E-state index contributed by atoms with van der Waals surface area (Å²) in [5, 5.41) is 2.95. The van der Waals surface area contributed by atoms with E-state index in [2.05, 4.69) is 5.32 Å². The maximum atomic E-state index is 13.0. The van der Waals surface area contributed by atoms with Gasteiger partial charge in [-0.15, -0.1) is 0 Å². The molecule has 4 heteroatoms. The lowest BCUT2D eigenvalue weighted by atomic mass is 10.0. The zero-order chi connectivity index (χ0) is 17.8. The minimum absolute atomic E-state index is 0.182. The summed E-state index contributed by atoms with van der Waals surface area (Å²) in [6.45, 7) is 0.204. The van der Waals surface area contributed by atoms with E-state index in [1.165, 1.54) is 0 Å². The highest BCUT2D eigenvalue weighted by molar-refractivity contribution is 6.29. The van der Waals surface area contributed by atoms with Gasteiger partial charge in [-0.25, -0.2) is 0 Å². The van der Waals surface area contributed by atoms with Crippen LogP contribution in [0.4, 0.5) is 5.69 Å². The van der Waals surface area contributed by atoms with Gasteiger partial charge >= 0.3 is 0 Å². The maximum Gasteiger partial charge on any atom is 0.256 e. The minimum atomic E-state index is -0.182. The van der Waals surface area contributed by atoms with Crippen molar-refractivity contribution in [1.82, 2.24) is 0 Å². The Labute approximate surface area is 151 Å². The van der Waals surface area contributed by atoms with Gasteiger partial charge in [-0.1, -0.05) is 60.7 Å². The first-order chi connectivity index (χ1) is 12.8. The zero-order valence-electron chi connectivity index (χ0n) is 14.0.